The van der Waals surface area contributed by atoms with Crippen LogP contribution in [0.15, 0.2) is 107 Å². The zero-order valence-electron chi connectivity index (χ0n) is 43.7. The summed E-state index contributed by atoms with van der Waals surface area (Å²) >= 11 is 0. The van der Waals surface area contributed by atoms with E-state index < -0.39 is 0 Å². The summed E-state index contributed by atoms with van der Waals surface area (Å²) in [5.41, 5.74) is 26.2. The molecule has 0 aliphatic carbocycles. The van der Waals surface area contributed by atoms with E-state index in [0.717, 1.165) is 78.6 Å². The molecule has 0 spiro atoms. The molecule has 0 aliphatic heterocycles. The summed E-state index contributed by atoms with van der Waals surface area (Å²) in [6.45, 7) is 0. The van der Waals surface area contributed by atoms with Crippen LogP contribution in [-0.2, 0) is 0 Å². The van der Waals surface area contributed by atoms with E-state index in [-0.39, 0.29) is 0 Å². The van der Waals surface area contributed by atoms with Gasteiger partial charge in [0.15, 0.2) is 17.5 Å². The van der Waals surface area contributed by atoms with Gasteiger partial charge in [-0.25, -0.2) is 15.0 Å². The maximum Gasteiger partial charge on any atom is 0.164 e. The van der Waals surface area contributed by atoms with Gasteiger partial charge in [-0.05, 0) is 52.3 Å². The molecular formula is C50H49B15N4O. The van der Waals surface area contributed by atoms with Crippen molar-refractivity contribution in [1.82, 2.24) is 15.0 Å². The molecule has 9 aromatic rings. The van der Waals surface area contributed by atoms with Gasteiger partial charge in [-0.15, -0.1) is 44.7 Å². The highest BCUT2D eigenvalue weighted by Gasteiger charge is 2.29. The van der Waals surface area contributed by atoms with Crippen molar-refractivity contribution >= 4 is 228 Å². The number of terminal acetylenes is 1. The second kappa shape index (κ2) is 19.0. The molecule has 9 rings (SSSR count). The number of para-hydroxylation sites is 1. The van der Waals surface area contributed by atoms with E-state index in [1.54, 1.807) is 0 Å². The van der Waals surface area contributed by atoms with Gasteiger partial charge in [0.2, 0.25) is 0 Å². The molecule has 5 nitrogen and oxygen atoms in total. The van der Waals surface area contributed by atoms with E-state index in [1.807, 2.05) is 0 Å². The molecule has 0 radical (unpaired) electrons. The highest BCUT2D eigenvalue weighted by Crippen LogP contribution is 2.41. The fourth-order valence-corrected chi connectivity index (χ4v) is 10.8. The topological polar surface area (TPSA) is 55.1 Å². The van der Waals surface area contributed by atoms with E-state index in [2.05, 4.69) is 226 Å². The third-order valence-corrected chi connectivity index (χ3v) is 16.0. The molecule has 320 valence electrons. The Labute approximate surface area is 427 Å². The maximum atomic E-state index is 7.12. The van der Waals surface area contributed by atoms with Gasteiger partial charge < -0.3 is 9.32 Å². The molecule has 0 amide bonds. The summed E-state index contributed by atoms with van der Waals surface area (Å²) in [5, 5.41) is 3.22. The Balaban J connectivity index is 1.37. The normalized spacial score (nSPS) is 11.7. The quantitative estimate of drug-likeness (QED) is 0.107. The van der Waals surface area contributed by atoms with E-state index in [4.69, 9.17) is 25.8 Å². The van der Waals surface area contributed by atoms with E-state index >= 15 is 0 Å². The first kappa shape index (κ1) is 48.4. The van der Waals surface area contributed by atoms with Crippen molar-refractivity contribution in [2.24, 2.45) is 0 Å². The lowest BCUT2D eigenvalue weighted by Crippen LogP contribution is -2.55. The Morgan fingerprint density at radius 3 is 1.50 bits per heavy atom. The van der Waals surface area contributed by atoms with Crippen LogP contribution < -0.4 is 70.5 Å². The van der Waals surface area contributed by atoms with Crippen molar-refractivity contribution in [3.8, 4) is 57.6 Å². The zero-order valence-corrected chi connectivity index (χ0v) is 43.7. The van der Waals surface area contributed by atoms with Crippen LogP contribution in [0.3, 0.4) is 0 Å². The number of hydrogen-bond acceptors (Lipinski definition) is 5. The van der Waals surface area contributed by atoms with Crippen LogP contribution in [0.2, 0.25) is 6.32 Å². The van der Waals surface area contributed by atoms with Crippen LogP contribution in [0.1, 0.15) is 11.3 Å². The predicted octanol–water partition coefficient (Wildman–Crippen LogP) is -11.0. The van der Waals surface area contributed by atoms with Crippen LogP contribution in [0.4, 0.5) is 17.1 Å². The summed E-state index contributed by atoms with van der Waals surface area (Å²) in [5.74, 6) is 5.70. The molecule has 70 heavy (non-hydrogen) atoms. The van der Waals surface area contributed by atoms with Crippen molar-refractivity contribution in [1.29, 1.82) is 0 Å². The van der Waals surface area contributed by atoms with Crippen LogP contribution in [0.5, 0.6) is 0 Å². The van der Waals surface area contributed by atoms with Gasteiger partial charge in [0.1, 0.15) is 129 Å². The Morgan fingerprint density at radius 2 is 0.971 bits per heavy atom. The molecule has 0 saturated heterocycles. The van der Waals surface area contributed by atoms with Gasteiger partial charge in [-0.3, -0.25) is 0 Å². The van der Waals surface area contributed by atoms with Crippen molar-refractivity contribution in [2.45, 2.75) is 6.32 Å². The molecule has 0 aliphatic rings. The maximum absolute atomic E-state index is 7.12. The highest BCUT2D eigenvalue weighted by molar-refractivity contribution is 6.70. The Bertz CT molecular complexity index is 3570. The lowest BCUT2D eigenvalue weighted by atomic mass is 9.60. The third-order valence-electron chi connectivity index (χ3n) is 16.0. The molecule has 0 unspecified atom stereocenters. The van der Waals surface area contributed by atoms with Gasteiger partial charge in [0, 0.05) is 38.8 Å². The first-order valence-corrected chi connectivity index (χ1v) is 24.6. The number of nitrogens with zero attached hydrogens (tertiary/aromatic N) is 4. The van der Waals surface area contributed by atoms with Gasteiger partial charge in [-0.2, -0.15) is 0 Å². The highest BCUT2D eigenvalue weighted by atomic mass is 16.3. The van der Waals surface area contributed by atoms with Gasteiger partial charge in [0.25, 0.3) is 0 Å². The first-order valence-electron chi connectivity index (χ1n) is 24.6. The smallest absolute Gasteiger partial charge is 0.164 e. The third kappa shape index (κ3) is 7.91. The number of aromatic nitrogens is 3. The summed E-state index contributed by atoms with van der Waals surface area (Å²) in [4.78, 5) is 19.0. The van der Waals surface area contributed by atoms with E-state index in [0.29, 0.717) is 28.8 Å². The molecular weight excluding hydrogens is 835 g/mol. The average Bonchev–Trinajstić information content (AvgIpc) is 3.76. The fourth-order valence-electron chi connectivity index (χ4n) is 10.8. The molecule has 0 saturated carbocycles. The second-order valence-electron chi connectivity index (χ2n) is 19.4. The summed E-state index contributed by atoms with van der Waals surface area (Å²) in [7, 11) is 32.8. The van der Waals surface area contributed by atoms with E-state index in [1.165, 1.54) is 70.9 Å². The number of rotatable bonds is 9. The number of furan rings is 1. The van der Waals surface area contributed by atoms with Crippen molar-refractivity contribution in [2.75, 3.05) is 4.90 Å². The van der Waals surface area contributed by atoms with Crippen LogP contribution in [0, 0.1) is 12.3 Å². The Hall–Kier alpha value is -6.58. The monoisotopic (exact) mass is 887 g/mol. The molecule has 20 heteroatoms. The predicted molar refractivity (Wildman–Crippen MR) is 347 cm³/mol. The first-order chi connectivity index (χ1) is 33.5. The van der Waals surface area contributed by atoms with Crippen LogP contribution >= 0.6 is 0 Å². The molecule has 2 heterocycles. The van der Waals surface area contributed by atoms with Crippen molar-refractivity contribution in [3.63, 3.8) is 0 Å². The molecule has 0 fully saturated rings. The molecule has 0 bridgehead atoms. The average molecular weight is 884 g/mol. The fraction of sp³-hybridized carbons (Fsp3) is 0.0200. The molecule has 2 aromatic heterocycles. The Kier molecular flexibility index (Phi) is 13.1. The van der Waals surface area contributed by atoms with Gasteiger partial charge in [0.05, 0.1) is 11.3 Å². The minimum absolute atomic E-state index is 0.564. The largest absolute Gasteiger partial charge is 0.457 e. The number of anilines is 3. The lowest BCUT2D eigenvalue weighted by Gasteiger charge is -2.27. The van der Waals surface area contributed by atoms with Crippen molar-refractivity contribution < 1.29 is 4.42 Å². The standard InChI is InChI=1S/C50H49B15N4O/c1-2-24-29-30(48-66-49(31-35(55)40(60)44(64)41(61)36(31)56)68-50(67-48)32-37(57)42(62)45(65)43(63)38(32)58)34(54)28(39(59)47(29)70-46(24)33(53)26(52)19-51)21-15-17-23(18-16-21)69(22-11-4-3-5-12-22)27-14-8-10-20-9-6-7-13-25(20)27/h1,3-18H,19,51-65H2/b33-26-. The van der Waals surface area contributed by atoms with E-state index in [9.17, 15) is 0 Å². The Morgan fingerprint density at radius 1 is 0.500 bits per heavy atom. The lowest BCUT2D eigenvalue weighted by molar-refractivity contribution is 0.603. The molecule has 7 aromatic carbocycles. The minimum Gasteiger partial charge on any atom is -0.457 e. The van der Waals surface area contributed by atoms with Gasteiger partial charge >= 0.3 is 0 Å². The summed E-state index contributed by atoms with van der Waals surface area (Å²) in [6, 6.07) is 34.6. The van der Waals surface area contributed by atoms with Crippen molar-refractivity contribution in [3.05, 3.63) is 114 Å². The zero-order chi connectivity index (χ0) is 50.0. The number of hydrogen-bond donors (Lipinski definition) is 0. The minimum atomic E-state index is 0.564. The van der Waals surface area contributed by atoms with Crippen LogP contribution in [0.25, 0.3) is 72.5 Å². The number of benzene rings is 7. The number of fused-ring (bicyclic) bond motifs is 2. The molecule has 0 N–H and O–H groups in total. The number of allylic oxidation sites excluding steroid dienone is 1. The SMILES string of the molecule is BC/C(B)=C(/B)c1oc2c(B)c(-c3ccc(N(c4ccccc4)c4cccc5ccccc45)cc3)c(B)c(-c3nc(-c4c(B)c(B)c(B)c(B)c4B)nc(-c4c(B)c(B)c(B)c(B)c4B)n3)c2c1C#C. The summed E-state index contributed by atoms with van der Waals surface area (Å²) in [6.07, 6.45) is 7.51. The molecule has 0 atom stereocenters. The second-order valence-corrected chi connectivity index (χ2v) is 19.4. The summed E-state index contributed by atoms with van der Waals surface area (Å²) < 4.78 is 7.12. The van der Waals surface area contributed by atoms with Gasteiger partial charge in [-0.1, -0.05) is 112 Å². The van der Waals surface area contributed by atoms with Crippen LogP contribution in [-0.4, -0.2) is 133 Å².